The molecule has 4 rings (SSSR count). The van der Waals surface area contributed by atoms with E-state index in [2.05, 4.69) is 17.0 Å². The summed E-state index contributed by atoms with van der Waals surface area (Å²) in [5, 5.41) is 0. The van der Waals surface area contributed by atoms with Crippen molar-refractivity contribution in [2.75, 3.05) is 45.8 Å². The Kier molecular flexibility index (Phi) is 7.25. The first kappa shape index (κ1) is 22.9. The zero-order valence-corrected chi connectivity index (χ0v) is 19.3. The third-order valence-corrected chi connectivity index (χ3v) is 7.89. The van der Waals surface area contributed by atoms with Gasteiger partial charge in [0, 0.05) is 39.3 Å². The smallest absolute Gasteiger partial charge is 0.236 e. The van der Waals surface area contributed by atoms with Crippen LogP contribution in [0.2, 0.25) is 0 Å². The Hall–Kier alpha value is -2.26. The molecule has 2 saturated heterocycles. The van der Waals surface area contributed by atoms with Crippen LogP contribution in [0.5, 0.6) is 0 Å². The van der Waals surface area contributed by atoms with E-state index in [0.29, 0.717) is 45.8 Å². The van der Waals surface area contributed by atoms with Gasteiger partial charge in [-0.2, -0.15) is 4.31 Å². The second-order valence-corrected chi connectivity index (χ2v) is 10.5. The van der Waals surface area contributed by atoms with E-state index in [4.69, 9.17) is 4.74 Å². The molecule has 0 N–H and O–H groups in total. The number of hydrogen-bond donors (Lipinski definition) is 0. The van der Waals surface area contributed by atoms with Crippen molar-refractivity contribution in [2.45, 2.75) is 24.9 Å². The average Bonchev–Trinajstić information content (AvgIpc) is 2.80. The molecular weight excluding hydrogens is 426 g/mol. The molecule has 2 fully saturated rings. The van der Waals surface area contributed by atoms with Gasteiger partial charge < -0.3 is 9.64 Å². The van der Waals surface area contributed by atoms with Gasteiger partial charge in [-0.3, -0.25) is 9.69 Å². The van der Waals surface area contributed by atoms with E-state index in [1.54, 1.807) is 4.90 Å². The second kappa shape index (κ2) is 10.1. The van der Waals surface area contributed by atoms with Crippen LogP contribution in [-0.4, -0.2) is 80.3 Å². The number of carbonyl (C=O) groups excluding carboxylic acids is 1. The molecule has 0 saturated carbocycles. The first-order valence-electron chi connectivity index (χ1n) is 11.1. The summed E-state index contributed by atoms with van der Waals surface area (Å²) >= 11 is 0. The third-order valence-electron chi connectivity index (χ3n) is 6.04. The monoisotopic (exact) mass is 457 g/mol. The molecule has 7 nitrogen and oxygen atoms in total. The summed E-state index contributed by atoms with van der Waals surface area (Å²) in [4.78, 5) is 16.9. The van der Waals surface area contributed by atoms with Crippen LogP contribution in [0.4, 0.5) is 0 Å². The standard InChI is InChI=1S/C24H31N3O4S/c1-20-16-25(17-23(31-20)22-10-6-3-7-11-22)18-24(28)26-12-14-27(15-13-26)32(29,30)19-21-8-4-2-5-9-21/h2-11,20,23H,12-19H2,1H3. The van der Waals surface area contributed by atoms with Gasteiger partial charge in [-0.25, -0.2) is 8.42 Å². The number of piperazine rings is 1. The minimum Gasteiger partial charge on any atom is -0.368 e. The lowest BCUT2D eigenvalue weighted by molar-refractivity contribution is -0.137. The zero-order chi connectivity index (χ0) is 22.6. The van der Waals surface area contributed by atoms with Crippen molar-refractivity contribution in [3.8, 4) is 0 Å². The van der Waals surface area contributed by atoms with Gasteiger partial charge in [0.25, 0.3) is 0 Å². The minimum atomic E-state index is -3.39. The fraction of sp³-hybridized carbons (Fsp3) is 0.458. The summed E-state index contributed by atoms with van der Waals surface area (Å²) in [6, 6.07) is 19.3. The summed E-state index contributed by atoms with van der Waals surface area (Å²) in [7, 11) is -3.39. The van der Waals surface area contributed by atoms with E-state index in [1.807, 2.05) is 55.5 Å². The number of morpholine rings is 1. The molecule has 32 heavy (non-hydrogen) atoms. The van der Waals surface area contributed by atoms with E-state index in [-0.39, 0.29) is 23.9 Å². The molecule has 0 bridgehead atoms. The fourth-order valence-electron chi connectivity index (χ4n) is 4.40. The van der Waals surface area contributed by atoms with E-state index in [9.17, 15) is 13.2 Å². The molecule has 0 aromatic heterocycles. The molecule has 8 heteroatoms. The van der Waals surface area contributed by atoms with Gasteiger partial charge in [-0.1, -0.05) is 60.7 Å². The molecule has 2 atom stereocenters. The van der Waals surface area contributed by atoms with E-state index in [0.717, 1.165) is 11.1 Å². The zero-order valence-electron chi connectivity index (χ0n) is 18.5. The second-order valence-electron chi connectivity index (χ2n) is 8.56. The number of rotatable bonds is 6. The average molecular weight is 458 g/mol. The van der Waals surface area contributed by atoms with Crippen molar-refractivity contribution < 1.29 is 17.9 Å². The molecule has 0 aliphatic carbocycles. The van der Waals surface area contributed by atoms with Crippen LogP contribution in [0, 0.1) is 0 Å². The molecular formula is C24H31N3O4S. The van der Waals surface area contributed by atoms with Crippen LogP contribution in [-0.2, 0) is 25.3 Å². The number of nitrogens with zero attached hydrogens (tertiary/aromatic N) is 3. The highest BCUT2D eigenvalue weighted by atomic mass is 32.2. The number of amides is 1. The Morgan fingerprint density at radius 3 is 2.22 bits per heavy atom. The third kappa shape index (κ3) is 5.75. The Morgan fingerprint density at radius 1 is 0.938 bits per heavy atom. The maximum atomic E-state index is 12.9. The summed E-state index contributed by atoms with van der Waals surface area (Å²) in [5.74, 6) is 0.0416. The minimum absolute atomic E-state index is 0.00563. The highest BCUT2D eigenvalue weighted by Gasteiger charge is 2.32. The van der Waals surface area contributed by atoms with Crippen LogP contribution < -0.4 is 0 Å². The largest absolute Gasteiger partial charge is 0.368 e. The lowest BCUT2D eigenvalue weighted by atomic mass is 10.1. The normalized spacial score (nSPS) is 23.2. The molecule has 0 spiro atoms. The fourth-order valence-corrected chi connectivity index (χ4v) is 5.92. The predicted molar refractivity (Wildman–Crippen MR) is 123 cm³/mol. The van der Waals surface area contributed by atoms with Gasteiger partial charge in [0.05, 0.1) is 24.5 Å². The summed E-state index contributed by atoms with van der Waals surface area (Å²) in [6.07, 6.45) is -0.00513. The molecule has 2 aliphatic heterocycles. The Morgan fingerprint density at radius 2 is 1.56 bits per heavy atom. The Balaban J connectivity index is 1.29. The number of ether oxygens (including phenoxy) is 1. The predicted octanol–water partition coefficient (Wildman–Crippen LogP) is 2.12. The van der Waals surface area contributed by atoms with Gasteiger partial charge in [-0.05, 0) is 18.1 Å². The first-order chi connectivity index (χ1) is 15.4. The molecule has 172 valence electrons. The van der Waals surface area contributed by atoms with E-state index < -0.39 is 10.0 Å². The van der Waals surface area contributed by atoms with Crippen molar-refractivity contribution >= 4 is 15.9 Å². The summed E-state index contributed by atoms with van der Waals surface area (Å²) in [5.41, 5.74) is 1.90. The van der Waals surface area contributed by atoms with Gasteiger partial charge in [-0.15, -0.1) is 0 Å². The molecule has 1 amide bonds. The quantitative estimate of drug-likeness (QED) is 0.665. The molecule has 2 unspecified atom stereocenters. The SMILES string of the molecule is CC1CN(CC(=O)N2CCN(S(=O)(=O)Cc3ccccc3)CC2)CC(c2ccccc2)O1. The molecule has 2 aromatic rings. The number of hydrogen-bond acceptors (Lipinski definition) is 5. The molecule has 2 aromatic carbocycles. The van der Waals surface area contributed by atoms with Gasteiger partial charge >= 0.3 is 0 Å². The van der Waals surface area contributed by atoms with Crippen LogP contribution in [0.3, 0.4) is 0 Å². The van der Waals surface area contributed by atoms with Crippen LogP contribution >= 0.6 is 0 Å². The summed E-state index contributed by atoms with van der Waals surface area (Å²) < 4.78 is 33.1. The van der Waals surface area contributed by atoms with Gasteiger partial charge in [0.2, 0.25) is 15.9 Å². The van der Waals surface area contributed by atoms with Crippen molar-refractivity contribution in [1.29, 1.82) is 0 Å². The lowest BCUT2D eigenvalue weighted by Gasteiger charge is -2.39. The van der Waals surface area contributed by atoms with Gasteiger partial charge in [0.15, 0.2) is 0 Å². The number of carbonyl (C=O) groups is 1. The Labute approximate surface area is 190 Å². The molecule has 2 aliphatic rings. The maximum Gasteiger partial charge on any atom is 0.236 e. The number of sulfonamides is 1. The lowest BCUT2D eigenvalue weighted by Crippen LogP contribution is -2.54. The number of benzene rings is 2. The first-order valence-corrected chi connectivity index (χ1v) is 12.7. The van der Waals surface area contributed by atoms with Crippen molar-refractivity contribution in [2.24, 2.45) is 0 Å². The topological polar surface area (TPSA) is 70.2 Å². The van der Waals surface area contributed by atoms with Gasteiger partial charge in [0.1, 0.15) is 0 Å². The molecule has 2 heterocycles. The van der Waals surface area contributed by atoms with Crippen molar-refractivity contribution in [3.63, 3.8) is 0 Å². The van der Waals surface area contributed by atoms with E-state index >= 15 is 0 Å². The highest BCUT2D eigenvalue weighted by molar-refractivity contribution is 7.88. The van der Waals surface area contributed by atoms with Crippen molar-refractivity contribution in [3.05, 3.63) is 71.8 Å². The Bertz CT molecular complexity index is 992. The van der Waals surface area contributed by atoms with E-state index in [1.165, 1.54) is 4.31 Å². The van der Waals surface area contributed by atoms with Crippen LogP contribution in [0.25, 0.3) is 0 Å². The van der Waals surface area contributed by atoms with Crippen LogP contribution in [0.15, 0.2) is 60.7 Å². The summed E-state index contributed by atoms with van der Waals surface area (Å²) in [6.45, 7) is 5.27. The van der Waals surface area contributed by atoms with Crippen LogP contribution in [0.1, 0.15) is 24.2 Å². The maximum absolute atomic E-state index is 12.9. The molecule has 0 radical (unpaired) electrons. The highest BCUT2D eigenvalue weighted by Crippen LogP contribution is 2.25. The van der Waals surface area contributed by atoms with Crippen molar-refractivity contribution in [1.82, 2.24) is 14.1 Å².